The van der Waals surface area contributed by atoms with E-state index in [0.29, 0.717) is 10.2 Å². The first-order chi connectivity index (χ1) is 10.6. The van der Waals surface area contributed by atoms with Gasteiger partial charge in [0.15, 0.2) is 4.32 Å². The molecule has 0 fully saturated rings. The third-order valence-corrected chi connectivity index (χ3v) is 4.95. The molecule has 2 aromatic carbocycles. The maximum Gasteiger partial charge on any atom is 0.166 e. The number of thiocarbonyl (C=S) groups is 1. The number of fused-ring (bicyclic) bond motifs is 1. The summed E-state index contributed by atoms with van der Waals surface area (Å²) in [5.74, 6) is 0.499. The van der Waals surface area contributed by atoms with Crippen molar-refractivity contribution in [2.24, 2.45) is 10.7 Å². The van der Waals surface area contributed by atoms with Crippen molar-refractivity contribution in [1.29, 1.82) is 0 Å². The third kappa shape index (κ3) is 3.57. The number of rotatable bonds is 2. The van der Waals surface area contributed by atoms with E-state index in [1.165, 1.54) is 41.3 Å². The van der Waals surface area contributed by atoms with E-state index >= 15 is 0 Å². The number of thioether (sulfide) groups is 1. The minimum atomic E-state index is 0.499. The standard InChI is InChI=1S/C18H18N2S2/c1-12-5-9-16(10-6-12)22-18(21)20-17(19)15-8-7-13-3-2-4-14(13)11-15/h5-11H,2-4H2,1H3,(H2,19,20,21). The van der Waals surface area contributed by atoms with Gasteiger partial charge in [0.1, 0.15) is 5.84 Å². The van der Waals surface area contributed by atoms with Gasteiger partial charge in [-0.2, -0.15) is 0 Å². The van der Waals surface area contributed by atoms with Gasteiger partial charge in [0, 0.05) is 10.5 Å². The molecule has 22 heavy (non-hydrogen) atoms. The Bertz CT molecular complexity index is 733. The second-order valence-corrected chi connectivity index (χ2v) is 7.22. The summed E-state index contributed by atoms with van der Waals surface area (Å²) in [7, 11) is 0. The summed E-state index contributed by atoms with van der Waals surface area (Å²) >= 11 is 6.80. The molecule has 0 amide bonds. The molecule has 0 saturated carbocycles. The van der Waals surface area contributed by atoms with Crippen molar-refractivity contribution in [3.63, 3.8) is 0 Å². The summed E-state index contributed by atoms with van der Waals surface area (Å²) in [5.41, 5.74) is 11.1. The van der Waals surface area contributed by atoms with Crippen LogP contribution in [-0.2, 0) is 12.8 Å². The molecule has 0 atom stereocenters. The van der Waals surface area contributed by atoms with Gasteiger partial charge in [0.2, 0.25) is 0 Å². The average Bonchev–Trinajstić information content (AvgIpc) is 2.97. The monoisotopic (exact) mass is 326 g/mol. The lowest BCUT2D eigenvalue weighted by molar-refractivity contribution is 0.912. The fraction of sp³-hybridized carbons (Fsp3) is 0.222. The molecule has 0 aromatic heterocycles. The third-order valence-electron chi connectivity index (χ3n) is 3.83. The number of amidine groups is 1. The van der Waals surface area contributed by atoms with Crippen molar-refractivity contribution in [2.45, 2.75) is 31.1 Å². The predicted octanol–water partition coefficient (Wildman–Crippen LogP) is 4.27. The molecule has 2 nitrogen and oxygen atoms in total. The summed E-state index contributed by atoms with van der Waals surface area (Å²) in [4.78, 5) is 5.46. The van der Waals surface area contributed by atoms with Crippen LogP contribution in [0.4, 0.5) is 0 Å². The maximum atomic E-state index is 6.12. The van der Waals surface area contributed by atoms with Crippen LogP contribution in [0, 0.1) is 6.92 Å². The van der Waals surface area contributed by atoms with Gasteiger partial charge in [-0.25, -0.2) is 4.99 Å². The van der Waals surface area contributed by atoms with E-state index in [-0.39, 0.29) is 0 Å². The fourth-order valence-electron chi connectivity index (χ4n) is 2.62. The van der Waals surface area contributed by atoms with Crippen molar-refractivity contribution in [3.05, 3.63) is 64.7 Å². The Kier molecular flexibility index (Phi) is 4.60. The van der Waals surface area contributed by atoms with Gasteiger partial charge >= 0.3 is 0 Å². The fourth-order valence-corrected chi connectivity index (χ4v) is 3.63. The van der Waals surface area contributed by atoms with Gasteiger partial charge in [0.05, 0.1) is 0 Å². The van der Waals surface area contributed by atoms with Crippen molar-refractivity contribution >= 4 is 34.1 Å². The molecule has 2 aromatic rings. The van der Waals surface area contributed by atoms with E-state index in [0.717, 1.165) is 16.9 Å². The van der Waals surface area contributed by atoms with E-state index in [4.69, 9.17) is 18.0 Å². The van der Waals surface area contributed by atoms with Crippen LogP contribution in [0.25, 0.3) is 0 Å². The van der Waals surface area contributed by atoms with Crippen molar-refractivity contribution in [1.82, 2.24) is 0 Å². The molecule has 3 rings (SSSR count). The Morgan fingerprint density at radius 1 is 1.09 bits per heavy atom. The second kappa shape index (κ2) is 6.63. The largest absolute Gasteiger partial charge is 0.383 e. The second-order valence-electron chi connectivity index (χ2n) is 5.52. The number of hydrogen-bond donors (Lipinski definition) is 1. The summed E-state index contributed by atoms with van der Waals surface area (Å²) in [6, 6.07) is 14.6. The van der Waals surface area contributed by atoms with Crippen LogP contribution >= 0.6 is 24.0 Å². The van der Waals surface area contributed by atoms with Gasteiger partial charge in [-0.1, -0.05) is 53.8 Å². The number of aryl methyl sites for hydroxylation is 3. The highest BCUT2D eigenvalue weighted by molar-refractivity contribution is 8.23. The van der Waals surface area contributed by atoms with Crippen LogP contribution in [0.1, 0.15) is 28.7 Å². The average molecular weight is 326 g/mol. The Morgan fingerprint density at radius 2 is 1.82 bits per heavy atom. The van der Waals surface area contributed by atoms with Crippen LogP contribution in [0.2, 0.25) is 0 Å². The highest BCUT2D eigenvalue weighted by atomic mass is 32.2. The highest BCUT2D eigenvalue weighted by Gasteiger charge is 2.12. The molecular formula is C18H18N2S2. The highest BCUT2D eigenvalue weighted by Crippen LogP contribution is 2.24. The van der Waals surface area contributed by atoms with Gasteiger partial charge in [0.25, 0.3) is 0 Å². The van der Waals surface area contributed by atoms with Crippen molar-refractivity contribution < 1.29 is 0 Å². The minimum Gasteiger partial charge on any atom is -0.383 e. The molecule has 4 heteroatoms. The SMILES string of the molecule is Cc1ccc(SC(=S)N=C(N)c2ccc3c(c2)CCC3)cc1. The van der Waals surface area contributed by atoms with Crippen LogP contribution in [-0.4, -0.2) is 10.2 Å². The van der Waals surface area contributed by atoms with Crippen molar-refractivity contribution in [3.8, 4) is 0 Å². The minimum absolute atomic E-state index is 0.499. The zero-order valence-corrected chi connectivity index (χ0v) is 14.1. The summed E-state index contributed by atoms with van der Waals surface area (Å²) < 4.78 is 0.543. The normalized spacial score (nSPS) is 14.0. The van der Waals surface area contributed by atoms with Crippen LogP contribution in [0.5, 0.6) is 0 Å². The first kappa shape index (κ1) is 15.3. The summed E-state index contributed by atoms with van der Waals surface area (Å²) in [6.07, 6.45) is 3.55. The van der Waals surface area contributed by atoms with E-state index < -0.39 is 0 Å². The molecule has 1 aliphatic carbocycles. The zero-order valence-electron chi connectivity index (χ0n) is 12.5. The Morgan fingerprint density at radius 3 is 2.59 bits per heavy atom. The van der Waals surface area contributed by atoms with E-state index in [1.807, 2.05) is 18.2 Å². The molecule has 0 saturated heterocycles. The van der Waals surface area contributed by atoms with E-state index in [2.05, 4.69) is 36.2 Å². The molecule has 0 aliphatic heterocycles. The van der Waals surface area contributed by atoms with E-state index in [1.54, 1.807) is 0 Å². The lowest BCUT2D eigenvalue weighted by Gasteiger charge is -2.05. The summed E-state index contributed by atoms with van der Waals surface area (Å²) in [5, 5.41) is 0. The van der Waals surface area contributed by atoms with Gasteiger partial charge in [-0.05, 0) is 55.5 Å². The number of nitrogens with zero attached hydrogens (tertiary/aromatic N) is 1. The first-order valence-corrected chi connectivity index (χ1v) is 8.59. The number of nitrogens with two attached hydrogens (primary N) is 1. The molecule has 0 unspecified atom stereocenters. The van der Waals surface area contributed by atoms with Gasteiger partial charge < -0.3 is 5.73 Å². The van der Waals surface area contributed by atoms with Crippen LogP contribution < -0.4 is 5.73 Å². The lowest BCUT2D eigenvalue weighted by atomic mass is 10.1. The Hall–Kier alpha value is -1.65. The molecule has 1 aliphatic rings. The molecule has 112 valence electrons. The molecule has 2 N–H and O–H groups in total. The number of benzene rings is 2. The smallest absolute Gasteiger partial charge is 0.166 e. The van der Waals surface area contributed by atoms with Crippen molar-refractivity contribution in [2.75, 3.05) is 0 Å². The van der Waals surface area contributed by atoms with Crippen LogP contribution in [0.15, 0.2) is 52.4 Å². The quantitative estimate of drug-likeness (QED) is 0.388. The van der Waals surface area contributed by atoms with Gasteiger partial charge in [-0.3, -0.25) is 0 Å². The molecule has 0 spiro atoms. The molecular weight excluding hydrogens is 308 g/mol. The molecule has 0 heterocycles. The van der Waals surface area contributed by atoms with Crippen LogP contribution in [0.3, 0.4) is 0 Å². The Balaban J connectivity index is 1.73. The van der Waals surface area contributed by atoms with E-state index in [9.17, 15) is 0 Å². The molecule has 0 radical (unpaired) electrons. The first-order valence-electron chi connectivity index (χ1n) is 7.36. The lowest BCUT2D eigenvalue weighted by Crippen LogP contribution is -2.15. The zero-order chi connectivity index (χ0) is 15.5. The maximum absolute atomic E-state index is 6.12. The number of aliphatic imine (C=N–C) groups is 1. The number of hydrogen-bond acceptors (Lipinski definition) is 2. The van der Waals surface area contributed by atoms with Gasteiger partial charge in [-0.15, -0.1) is 0 Å². The predicted molar refractivity (Wildman–Crippen MR) is 98.8 cm³/mol. The summed E-state index contributed by atoms with van der Waals surface area (Å²) in [6.45, 7) is 2.07. The Labute approximate surface area is 140 Å². The topological polar surface area (TPSA) is 38.4 Å². The molecule has 0 bridgehead atoms.